The maximum absolute atomic E-state index is 5.62. The lowest BCUT2D eigenvalue weighted by molar-refractivity contribution is -0.0731. The summed E-state index contributed by atoms with van der Waals surface area (Å²) in [6.45, 7) is 4.21. The van der Waals surface area contributed by atoms with E-state index in [1.165, 1.54) is 44.1 Å². The zero-order chi connectivity index (χ0) is 20.1. The second-order valence-electron chi connectivity index (χ2n) is 10.3. The number of hydrogen-bond donors (Lipinski definition) is 1. The standard InChI is InChI=1S/C22H25N7O/c1-12-18(13(2)30-28-12)22-6-14-3-15(7-22)5-21(4-14,10-22)8-17-25-20-16-9-24-26-19(16)23-11-29(20)27-17/h9,11,14-15H,3-8,10H2,1-2H3,(H,24,26). The molecule has 8 heteroatoms. The monoisotopic (exact) mass is 403 g/mol. The van der Waals surface area contributed by atoms with Gasteiger partial charge in [-0.1, -0.05) is 5.16 Å². The first-order valence-electron chi connectivity index (χ1n) is 11.0. The topological polar surface area (TPSA) is 97.8 Å². The van der Waals surface area contributed by atoms with Gasteiger partial charge in [-0.05, 0) is 69.6 Å². The first-order chi connectivity index (χ1) is 14.5. The second kappa shape index (κ2) is 5.47. The smallest absolute Gasteiger partial charge is 0.170 e. The first-order valence-corrected chi connectivity index (χ1v) is 11.0. The molecule has 4 heterocycles. The molecule has 0 amide bonds. The molecule has 0 saturated heterocycles. The summed E-state index contributed by atoms with van der Waals surface area (Å²) >= 11 is 0. The normalized spacial score (nSPS) is 32.6. The van der Waals surface area contributed by atoms with Crippen LogP contribution in [-0.2, 0) is 11.8 Å². The Morgan fingerprint density at radius 1 is 1.20 bits per heavy atom. The van der Waals surface area contributed by atoms with Crippen LogP contribution in [0.3, 0.4) is 0 Å². The maximum Gasteiger partial charge on any atom is 0.170 e. The third-order valence-corrected chi connectivity index (χ3v) is 8.11. The Labute approximate surface area is 173 Å². The summed E-state index contributed by atoms with van der Waals surface area (Å²) in [5.74, 6) is 3.53. The zero-order valence-electron chi connectivity index (χ0n) is 17.4. The molecule has 154 valence electrons. The summed E-state index contributed by atoms with van der Waals surface area (Å²) in [4.78, 5) is 9.33. The molecule has 4 saturated carbocycles. The number of aromatic nitrogens is 7. The van der Waals surface area contributed by atoms with E-state index in [-0.39, 0.29) is 10.8 Å². The lowest BCUT2D eigenvalue weighted by Crippen LogP contribution is -2.55. The van der Waals surface area contributed by atoms with Crippen molar-refractivity contribution in [3.05, 3.63) is 35.4 Å². The number of nitrogens with zero attached hydrogens (tertiary/aromatic N) is 6. The van der Waals surface area contributed by atoms with Crippen molar-refractivity contribution < 1.29 is 4.52 Å². The van der Waals surface area contributed by atoms with Crippen molar-refractivity contribution in [2.75, 3.05) is 0 Å². The summed E-state index contributed by atoms with van der Waals surface area (Å²) in [7, 11) is 0. The van der Waals surface area contributed by atoms with Gasteiger partial charge in [-0.25, -0.2) is 14.5 Å². The fraction of sp³-hybridized carbons (Fsp3) is 0.591. The van der Waals surface area contributed by atoms with Crippen LogP contribution in [0.1, 0.15) is 61.4 Å². The molecule has 4 aliphatic rings. The molecule has 0 aliphatic heterocycles. The van der Waals surface area contributed by atoms with Crippen LogP contribution in [0.25, 0.3) is 16.7 Å². The van der Waals surface area contributed by atoms with Gasteiger partial charge in [0.05, 0.1) is 17.3 Å². The van der Waals surface area contributed by atoms with Crippen molar-refractivity contribution in [3.63, 3.8) is 0 Å². The van der Waals surface area contributed by atoms with Crippen LogP contribution in [0.2, 0.25) is 0 Å². The van der Waals surface area contributed by atoms with Crippen molar-refractivity contribution in [1.82, 2.24) is 34.9 Å². The van der Waals surface area contributed by atoms with Crippen LogP contribution >= 0.6 is 0 Å². The number of H-pyrrole nitrogens is 1. The average Bonchev–Trinajstić information content (AvgIpc) is 3.37. The van der Waals surface area contributed by atoms with E-state index in [1.54, 1.807) is 17.0 Å². The quantitative estimate of drug-likeness (QED) is 0.560. The van der Waals surface area contributed by atoms with Gasteiger partial charge in [0.2, 0.25) is 0 Å². The van der Waals surface area contributed by atoms with Crippen LogP contribution in [0.5, 0.6) is 0 Å². The molecule has 2 unspecified atom stereocenters. The Bertz CT molecular complexity index is 1260. The Balaban J connectivity index is 1.30. The number of aryl methyl sites for hydroxylation is 2. The van der Waals surface area contributed by atoms with Crippen LogP contribution < -0.4 is 0 Å². The molecule has 2 atom stereocenters. The van der Waals surface area contributed by atoms with E-state index >= 15 is 0 Å². The SMILES string of the molecule is Cc1noc(C)c1C12CC3CC(CC(Cc4nc5c6cn[nH]c6ncn5n4)(C3)C1)C2. The van der Waals surface area contributed by atoms with E-state index in [4.69, 9.17) is 14.6 Å². The van der Waals surface area contributed by atoms with E-state index in [2.05, 4.69) is 34.2 Å². The van der Waals surface area contributed by atoms with Crippen LogP contribution in [0.4, 0.5) is 0 Å². The van der Waals surface area contributed by atoms with Gasteiger partial charge >= 0.3 is 0 Å². The van der Waals surface area contributed by atoms with Gasteiger partial charge < -0.3 is 4.52 Å². The minimum atomic E-state index is 0.219. The Kier molecular flexibility index (Phi) is 3.10. The molecule has 8 rings (SSSR count). The van der Waals surface area contributed by atoms with Crippen LogP contribution in [-0.4, -0.2) is 34.9 Å². The molecule has 4 aromatic rings. The lowest BCUT2D eigenvalue weighted by Gasteiger charge is -2.62. The number of hydrogen-bond acceptors (Lipinski definition) is 6. The van der Waals surface area contributed by atoms with E-state index in [1.807, 2.05) is 0 Å². The third-order valence-electron chi connectivity index (χ3n) is 8.11. The van der Waals surface area contributed by atoms with E-state index in [9.17, 15) is 0 Å². The molecule has 4 aliphatic carbocycles. The van der Waals surface area contributed by atoms with Crippen LogP contribution in [0.15, 0.2) is 17.0 Å². The lowest BCUT2D eigenvalue weighted by atomic mass is 9.42. The van der Waals surface area contributed by atoms with Gasteiger partial charge in [0.25, 0.3) is 0 Å². The molecular weight excluding hydrogens is 378 g/mol. The first kappa shape index (κ1) is 17.0. The molecule has 1 N–H and O–H groups in total. The Hall–Kier alpha value is -2.77. The van der Waals surface area contributed by atoms with E-state index in [0.717, 1.165) is 52.2 Å². The van der Waals surface area contributed by atoms with Crippen molar-refractivity contribution in [2.45, 2.75) is 64.2 Å². The maximum atomic E-state index is 5.62. The third kappa shape index (κ3) is 2.19. The van der Waals surface area contributed by atoms with Crippen molar-refractivity contribution in [1.29, 1.82) is 0 Å². The minimum absolute atomic E-state index is 0.219. The molecular formula is C22H25N7O. The van der Waals surface area contributed by atoms with Gasteiger partial charge in [-0.3, -0.25) is 5.10 Å². The summed E-state index contributed by atoms with van der Waals surface area (Å²) < 4.78 is 7.42. The van der Waals surface area contributed by atoms with E-state index in [0.29, 0.717) is 0 Å². The molecule has 0 aromatic carbocycles. The number of aromatic amines is 1. The fourth-order valence-electron chi connectivity index (χ4n) is 7.89. The highest BCUT2D eigenvalue weighted by Gasteiger charge is 2.59. The number of fused-ring (bicyclic) bond motifs is 3. The van der Waals surface area contributed by atoms with Crippen molar-refractivity contribution >= 4 is 16.7 Å². The molecule has 4 bridgehead atoms. The second-order valence-corrected chi connectivity index (χ2v) is 10.3. The van der Waals surface area contributed by atoms with Gasteiger partial charge in [0, 0.05) is 17.4 Å². The predicted molar refractivity (Wildman–Crippen MR) is 109 cm³/mol. The van der Waals surface area contributed by atoms with Crippen LogP contribution in [0, 0.1) is 31.1 Å². The predicted octanol–water partition coefficient (Wildman–Crippen LogP) is 3.69. The molecule has 8 nitrogen and oxygen atoms in total. The van der Waals surface area contributed by atoms with Crippen molar-refractivity contribution in [3.8, 4) is 0 Å². The Morgan fingerprint density at radius 2 is 2.03 bits per heavy atom. The fourth-order valence-corrected chi connectivity index (χ4v) is 7.89. The summed E-state index contributed by atoms with van der Waals surface area (Å²) in [5, 5.41) is 17.1. The highest BCUT2D eigenvalue weighted by Crippen LogP contribution is 2.67. The average molecular weight is 403 g/mol. The molecule has 4 aromatic heterocycles. The number of rotatable bonds is 3. The van der Waals surface area contributed by atoms with Gasteiger partial charge in [0.15, 0.2) is 17.1 Å². The van der Waals surface area contributed by atoms with Gasteiger partial charge in [-0.15, -0.1) is 5.10 Å². The highest BCUT2D eigenvalue weighted by atomic mass is 16.5. The molecule has 0 radical (unpaired) electrons. The summed E-state index contributed by atoms with van der Waals surface area (Å²) in [5.41, 5.74) is 4.57. The van der Waals surface area contributed by atoms with Gasteiger partial charge in [0.1, 0.15) is 12.1 Å². The Morgan fingerprint density at radius 3 is 2.80 bits per heavy atom. The highest BCUT2D eigenvalue weighted by molar-refractivity contribution is 5.87. The largest absolute Gasteiger partial charge is 0.361 e. The molecule has 4 fully saturated rings. The van der Waals surface area contributed by atoms with E-state index < -0.39 is 0 Å². The van der Waals surface area contributed by atoms with Crippen molar-refractivity contribution in [2.24, 2.45) is 17.3 Å². The van der Waals surface area contributed by atoms with Gasteiger partial charge in [-0.2, -0.15) is 5.10 Å². The summed E-state index contributed by atoms with van der Waals surface area (Å²) in [6.07, 6.45) is 12.2. The molecule has 0 spiro atoms. The minimum Gasteiger partial charge on any atom is -0.361 e. The summed E-state index contributed by atoms with van der Waals surface area (Å²) in [6, 6.07) is 0. The molecule has 30 heavy (non-hydrogen) atoms. The number of nitrogens with one attached hydrogen (secondary N) is 1. The zero-order valence-corrected chi connectivity index (χ0v) is 17.4.